The molecule has 0 unspecified atom stereocenters. The molecule has 0 radical (unpaired) electrons. The van der Waals surface area contributed by atoms with Crippen LogP contribution in [0.25, 0.3) is 0 Å². The monoisotopic (exact) mass is 562 g/mol. The van der Waals surface area contributed by atoms with Crippen molar-refractivity contribution in [3.8, 4) is 0 Å². The van der Waals surface area contributed by atoms with Gasteiger partial charge in [0.2, 0.25) is 5.91 Å². The number of halogens is 6. The Morgan fingerprint density at radius 1 is 1.00 bits per heavy atom. The minimum Gasteiger partial charge on any atom is -0.475 e. The van der Waals surface area contributed by atoms with E-state index in [2.05, 4.69) is 34.0 Å². The molecular weight excluding hydrogens is 530 g/mol. The van der Waals surface area contributed by atoms with Gasteiger partial charge in [-0.05, 0) is 47.2 Å². The SMILES string of the molecule is Cc1noc(C)c1CN1CCC2(CCC(=O)N2CCN(C)C)CC1.O=C(O)C(F)(F)F.O=C(O)C(F)(F)F. The largest absolute Gasteiger partial charge is 0.490 e. The maximum atomic E-state index is 12.4. The number of piperidine rings is 1. The quantitative estimate of drug-likeness (QED) is 0.521. The number of aliphatic carboxylic acids is 2. The topological polar surface area (TPSA) is 127 Å². The van der Waals surface area contributed by atoms with Gasteiger partial charge in [-0.3, -0.25) is 9.69 Å². The van der Waals surface area contributed by atoms with Crippen molar-refractivity contribution >= 4 is 17.8 Å². The number of aryl methyl sites for hydroxylation is 2. The van der Waals surface area contributed by atoms with Crippen molar-refractivity contribution in [2.45, 2.75) is 64.0 Å². The van der Waals surface area contributed by atoms with E-state index in [1.807, 2.05) is 13.8 Å². The van der Waals surface area contributed by atoms with E-state index in [9.17, 15) is 31.1 Å². The van der Waals surface area contributed by atoms with Gasteiger partial charge in [0.1, 0.15) is 5.76 Å². The summed E-state index contributed by atoms with van der Waals surface area (Å²) in [4.78, 5) is 37.0. The van der Waals surface area contributed by atoms with Crippen LogP contribution in [0.1, 0.15) is 42.7 Å². The van der Waals surface area contributed by atoms with Crippen LogP contribution in [0, 0.1) is 13.8 Å². The van der Waals surface area contributed by atoms with E-state index in [1.165, 1.54) is 5.56 Å². The van der Waals surface area contributed by atoms with E-state index in [0.717, 1.165) is 69.9 Å². The Labute approximate surface area is 215 Å². The standard InChI is InChI=1S/C18H30N4O2.2C2HF3O2/c1-14-16(15(2)24-19-14)13-21-9-7-18(8-10-21)6-5-17(23)22(18)12-11-20(3)4;2*3-2(4,5)1(6)7/h5-13H2,1-4H3;2*(H,6,7). The van der Waals surface area contributed by atoms with Crippen molar-refractivity contribution in [1.29, 1.82) is 0 Å². The molecule has 2 aliphatic rings. The van der Waals surface area contributed by atoms with E-state index in [0.29, 0.717) is 5.91 Å². The van der Waals surface area contributed by atoms with Crippen molar-refractivity contribution in [2.75, 3.05) is 40.3 Å². The van der Waals surface area contributed by atoms with Crippen molar-refractivity contribution in [1.82, 2.24) is 19.9 Å². The number of carbonyl (C=O) groups is 3. The fraction of sp³-hybridized carbons (Fsp3) is 0.727. The predicted octanol–water partition coefficient (Wildman–Crippen LogP) is 3.08. The minimum atomic E-state index is -5.08. The lowest BCUT2D eigenvalue weighted by molar-refractivity contribution is -0.193. The lowest BCUT2D eigenvalue weighted by Crippen LogP contribution is -2.54. The van der Waals surface area contributed by atoms with Gasteiger partial charge < -0.3 is 24.5 Å². The summed E-state index contributed by atoms with van der Waals surface area (Å²) in [5, 5.41) is 18.3. The second-order valence-electron chi connectivity index (χ2n) is 9.26. The Bertz CT molecular complexity index is 912. The molecule has 2 N–H and O–H groups in total. The zero-order valence-electron chi connectivity index (χ0n) is 21.4. The number of amides is 1. The smallest absolute Gasteiger partial charge is 0.475 e. The third kappa shape index (κ3) is 9.78. The molecule has 0 saturated carbocycles. The Morgan fingerprint density at radius 3 is 1.84 bits per heavy atom. The molecule has 38 heavy (non-hydrogen) atoms. The number of carboxylic acid groups (broad SMARTS) is 2. The molecule has 1 amide bonds. The van der Waals surface area contributed by atoms with Gasteiger partial charge in [0, 0.05) is 50.2 Å². The number of hydrogen-bond donors (Lipinski definition) is 2. The first-order valence-corrected chi connectivity index (χ1v) is 11.5. The van der Waals surface area contributed by atoms with Gasteiger partial charge in [0.05, 0.1) is 5.69 Å². The number of carboxylic acids is 2. The maximum Gasteiger partial charge on any atom is 0.490 e. The Kier molecular flexibility index (Phi) is 11.6. The summed E-state index contributed by atoms with van der Waals surface area (Å²) in [5.74, 6) is -4.24. The number of hydrogen-bond acceptors (Lipinski definition) is 7. The van der Waals surface area contributed by atoms with Gasteiger partial charge in [-0.25, -0.2) is 9.59 Å². The zero-order valence-corrected chi connectivity index (χ0v) is 21.4. The van der Waals surface area contributed by atoms with E-state index >= 15 is 0 Å². The van der Waals surface area contributed by atoms with Crippen LogP contribution in [0.15, 0.2) is 4.52 Å². The third-order valence-corrected chi connectivity index (χ3v) is 6.28. The second kappa shape index (κ2) is 13.3. The van der Waals surface area contributed by atoms with Gasteiger partial charge >= 0.3 is 24.3 Å². The average molecular weight is 563 g/mol. The molecule has 2 fully saturated rings. The van der Waals surface area contributed by atoms with Gasteiger partial charge in [0.25, 0.3) is 0 Å². The summed E-state index contributed by atoms with van der Waals surface area (Å²) in [7, 11) is 4.14. The average Bonchev–Trinajstić information content (AvgIpc) is 3.26. The number of nitrogens with zero attached hydrogens (tertiary/aromatic N) is 4. The van der Waals surface area contributed by atoms with E-state index in [-0.39, 0.29) is 5.54 Å². The lowest BCUT2D eigenvalue weighted by atomic mass is 9.84. The summed E-state index contributed by atoms with van der Waals surface area (Å²) in [6, 6.07) is 0. The molecule has 2 saturated heterocycles. The van der Waals surface area contributed by atoms with Crippen molar-refractivity contribution < 1.29 is 55.5 Å². The third-order valence-electron chi connectivity index (χ3n) is 6.28. The molecule has 3 heterocycles. The number of rotatable bonds is 5. The summed E-state index contributed by atoms with van der Waals surface area (Å²) < 4.78 is 68.8. The molecule has 1 aromatic rings. The molecule has 0 aliphatic carbocycles. The lowest BCUT2D eigenvalue weighted by Gasteiger charge is -2.45. The Balaban J connectivity index is 0.000000426. The highest BCUT2D eigenvalue weighted by molar-refractivity contribution is 5.79. The van der Waals surface area contributed by atoms with Gasteiger partial charge in [-0.15, -0.1) is 0 Å². The van der Waals surface area contributed by atoms with Crippen LogP contribution in [0.5, 0.6) is 0 Å². The molecule has 2 aliphatic heterocycles. The first kappa shape index (κ1) is 33.1. The molecule has 0 atom stereocenters. The van der Waals surface area contributed by atoms with E-state index in [4.69, 9.17) is 24.3 Å². The molecule has 1 spiro atoms. The molecule has 0 bridgehead atoms. The van der Waals surface area contributed by atoms with Gasteiger partial charge in [-0.2, -0.15) is 26.3 Å². The van der Waals surface area contributed by atoms with Crippen LogP contribution in [0.4, 0.5) is 26.3 Å². The molecular formula is C22H32F6N4O6. The van der Waals surface area contributed by atoms with Gasteiger partial charge in [0.15, 0.2) is 0 Å². The first-order valence-electron chi connectivity index (χ1n) is 11.5. The highest BCUT2D eigenvalue weighted by atomic mass is 19.4. The molecule has 1 aromatic heterocycles. The fourth-order valence-electron chi connectivity index (χ4n) is 4.13. The Hall–Kier alpha value is -2.88. The van der Waals surface area contributed by atoms with Crippen LogP contribution in [-0.4, -0.2) is 106 Å². The van der Waals surface area contributed by atoms with Crippen molar-refractivity contribution in [3.05, 3.63) is 17.0 Å². The molecule has 218 valence electrons. The second-order valence-corrected chi connectivity index (χ2v) is 9.26. The zero-order chi connectivity index (χ0) is 29.5. The normalized spacial score (nSPS) is 17.7. The summed E-state index contributed by atoms with van der Waals surface area (Å²) in [6.45, 7) is 8.77. The highest BCUT2D eigenvalue weighted by Gasteiger charge is 2.46. The van der Waals surface area contributed by atoms with Crippen molar-refractivity contribution in [3.63, 3.8) is 0 Å². The maximum absolute atomic E-state index is 12.4. The molecule has 3 rings (SSSR count). The highest BCUT2D eigenvalue weighted by Crippen LogP contribution is 2.39. The summed E-state index contributed by atoms with van der Waals surface area (Å²) in [6.07, 6.45) is -6.26. The van der Waals surface area contributed by atoms with Crippen LogP contribution in [0.2, 0.25) is 0 Å². The number of alkyl halides is 6. The number of likely N-dealkylation sites (N-methyl/N-ethyl adjacent to an activating group) is 1. The summed E-state index contributed by atoms with van der Waals surface area (Å²) >= 11 is 0. The number of likely N-dealkylation sites (tertiary alicyclic amines) is 2. The van der Waals surface area contributed by atoms with Crippen LogP contribution in [0.3, 0.4) is 0 Å². The van der Waals surface area contributed by atoms with Crippen molar-refractivity contribution in [2.24, 2.45) is 0 Å². The predicted molar refractivity (Wildman–Crippen MR) is 120 cm³/mol. The van der Waals surface area contributed by atoms with Gasteiger partial charge in [-0.1, -0.05) is 5.16 Å². The Morgan fingerprint density at radius 2 is 1.47 bits per heavy atom. The number of aromatic nitrogens is 1. The van der Waals surface area contributed by atoms with Crippen LogP contribution in [-0.2, 0) is 20.9 Å². The van der Waals surface area contributed by atoms with E-state index < -0.39 is 24.3 Å². The summed E-state index contributed by atoms with van der Waals surface area (Å²) in [5.41, 5.74) is 2.32. The molecule has 10 nitrogen and oxygen atoms in total. The fourth-order valence-corrected chi connectivity index (χ4v) is 4.13. The first-order chi connectivity index (χ1) is 17.3. The van der Waals surface area contributed by atoms with E-state index in [1.54, 1.807) is 0 Å². The molecule has 0 aromatic carbocycles. The minimum absolute atomic E-state index is 0.0995. The molecule has 16 heteroatoms. The van der Waals surface area contributed by atoms with Crippen LogP contribution >= 0.6 is 0 Å². The number of carbonyl (C=O) groups excluding carboxylic acids is 1. The van der Waals surface area contributed by atoms with Crippen LogP contribution < -0.4 is 0 Å².